The fourth-order valence-electron chi connectivity index (χ4n) is 2.74. The normalized spacial score (nSPS) is 16.5. The summed E-state index contributed by atoms with van der Waals surface area (Å²) in [6.45, 7) is 4.18. The van der Waals surface area contributed by atoms with Crippen LogP contribution in [0.5, 0.6) is 0 Å². The Bertz CT molecular complexity index is 612. The van der Waals surface area contributed by atoms with Gasteiger partial charge in [0.15, 0.2) is 0 Å². The fraction of sp³-hybridized carbons (Fsp3) is 0.353. The van der Waals surface area contributed by atoms with E-state index in [9.17, 15) is 9.18 Å². The van der Waals surface area contributed by atoms with Crippen molar-refractivity contribution >= 4 is 17.2 Å². The van der Waals surface area contributed by atoms with Crippen molar-refractivity contribution in [2.24, 2.45) is 0 Å². The number of benzene rings is 1. The average Bonchev–Trinajstić information content (AvgIpc) is 2.96. The van der Waals surface area contributed by atoms with Gasteiger partial charge in [0.2, 0.25) is 0 Å². The van der Waals surface area contributed by atoms with E-state index in [1.807, 2.05) is 34.5 Å². The van der Waals surface area contributed by atoms with Gasteiger partial charge in [0.25, 0.3) is 5.91 Å². The first-order valence-electron chi connectivity index (χ1n) is 7.52. The highest BCUT2D eigenvalue weighted by molar-refractivity contribution is 7.12. The summed E-state index contributed by atoms with van der Waals surface area (Å²) < 4.78 is 12.9. The molecular formula is C17H19FN2OS. The summed E-state index contributed by atoms with van der Waals surface area (Å²) in [6.07, 6.45) is 0.971. The van der Waals surface area contributed by atoms with Crippen molar-refractivity contribution in [2.75, 3.05) is 26.2 Å². The van der Waals surface area contributed by atoms with E-state index in [2.05, 4.69) is 4.90 Å². The van der Waals surface area contributed by atoms with Gasteiger partial charge in [0.05, 0.1) is 4.88 Å². The zero-order valence-corrected chi connectivity index (χ0v) is 13.2. The monoisotopic (exact) mass is 318 g/mol. The highest BCUT2D eigenvalue weighted by atomic mass is 32.1. The second kappa shape index (κ2) is 7.03. The number of carbonyl (C=O) groups is 1. The molecule has 1 saturated heterocycles. The molecule has 3 rings (SSSR count). The van der Waals surface area contributed by atoms with Crippen LogP contribution in [0, 0.1) is 5.82 Å². The molecule has 0 saturated carbocycles. The molecule has 0 atom stereocenters. The lowest BCUT2D eigenvalue weighted by atomic mass is 10.2. The van der Waals surface area contributed by atoms with Crippen LogP contribution in [-0.4, -0.2) is 41.9 Å². The van der Waals surface area contributed by atoms with Gasteiger partial charge in [-0.05, 0) is 35.6 Å². The minimum Gasteiger partial charge on any atom is -0.337 e. The Hall–Kier alpha value is -1.72. The third-order valence-corrected chi connectivity index (χ3v) is 4.78. The number of carbonyl (C=O) groups excluding carboxylic acids is 1. The van der Waals surface area contributed by atoms with E-state index >= 15 is 0 Å². The number of hydrogen-bond acceptors (Lipinski definition) is 3. The molecule has 0 radical (unpaired) electrons. The largest absolute Gasteiger partial charge is 0.337 e. The highest BCUT2D eigenvalue weighted by Gasteiger charge is 2.20. The minimum atomic E-state index is -0.202. The summed E-state index contributed by atoms with van der Waals surface area (Å²) >= 11 is 1.50. The van der Waals surface area contributed by atoms with Crippen LogP contribution in [0.1, 0.15) is 21.7 Å². The molecule has 0 aliphatic carbocycles. The second-order valence-electron chi connectivity index (χ2n) is 5.53. The van der Waals surface area contributed by atoms with Gasteiger partial charge >= 0.3 is 0 Å². The van der Waals surface area contributed by atoms with E-state index in [1.165, 1.54) is 23.5 Å². The summed E-state index contributed by atoms with van der Waals surface area (Å²) in [5, 5.41) is 1.94. The average molecular weight is 318 g/mol. The van der Waals surface area contributed by atoms with Crippen LogP contribution >= 0.6 is 11.3 Å². The first-order valence-corrected chi connectivity index (χ1v) is 8.40. The Balaban J connectivity index is 1.58. The van der Waals surface area contributed by atoms with Gasteiger partial charge in [-0.15, -0.1) is 11.3 Å². The molecule has 2 aromatic rings. The first-order chi connectivity index (χ1) is 10.7. The maximum Gasteiger partial charge on any atom is 0.263 e. The molecule has 2 heterocycles. The Kier molecular flexibility index (Phi) is 4.85. The van der Waals surface area contributed by atoms with Gasteiger partial charge in [-0.1, -0.05) is 18.2 Å². The predicted octanol–water partition coefficient (Wildman–Crippen LogP) is 3.24. The SMILES string of the molecule is O=C(c1cccs1)N1CCCN(Cc2ccc(F)cc2)CC1. The summed E-state index contributed by atoms with van der Waals surface area (Å²) in [6, 6.07) is 10.5. The number of amides is 1. The van der Waals surface area contributed by atoms with Gasteiger partial charge < -0.3 is 4.90 Å². The molecule has 116 valence electrons. The number of thiophene rings is 1. The van der Waals surface area contributed by atoms with Crippen molar-refractivity contribution in [3.8, 4) is 0 Å². The van der Waals surface area contributed by atoms with E-state index in [1.54, 1.807) is 0 Å². The highest BCUT2D eigenvalue weighted by Crippen LogP contribution is 2.15. The molecular weight excluding hydrogens is 299 g/mol. The summed E-state index contributed by atoms with van der Waals surface area (Å²) in [7, 11) is 0. The van der Waals surface area contributed by atoms with E-state index in [-0.39, 0.29) is 11.7 Å². The third-order valence-electron chi connectivity index (χ3n) is 3.93. The lowest BCUT2D eigenvalue weighted by Gasteiger charge is -2.21. The number of halogens is 1. The molecule has 5 heteroatoms. The van der Waals surface area contributed by atoms with Crippen LogP contribution < -0.4 is 0 Å². The lowest BCUT2D eigenvalue weighted by Crippen LogP contribution is -2.34. The topological polar surface area (TPSA) is 23.6 Å². The van der Waals surface area contributed by atoms with Crippen LogP contribution in [0.3, 0.4) is 0 Å². The minimum absolute atomic E-state index is 0.138. The maximum atomic E-state index is 12.9. The first kappa shape index (κ1) is 15.2. The van der Waals surface area contributed by atoms with E-state index in [0.29, 0.717) is 0 Å². The molecule has 1 amide bonds. The van der Waals surface area contributed by atoms with Crippen molar-refractivity contribution in [3.63, 3.8) is 0 Å². The summed E-state index contributed by atoms with van der Waals surface area (Å²) in [5.74, 6) is -0.0639. The second-order valence-corrected chi connectivity index (χ2v) is 6.47. The van der Waals surface area contributed by atoms with E-state index in [4.69, 9.17) is 0 Å². The molecule has 3 nitrogen and oxygen atoms in total. The standard InChI is InChI=1S/C17H19FN2OS/c18-15-6-4-14(5-7-15)13-19-8-2-9-20(11-10-19)17(21)16-3-1-12-22-16/h1,3-7,12H,2,8-11,13H2. The van der Waals surface area contributed by atoms with Crippen LogP contribution in [0.2, 0.25) is 0 Å². The Morgan fingerprint density at radius 1 is 1.09 bits per heavy atom. The van der Waals surface area contributed by atoms with Crippen molar-refractivity contribution in [1.82, 2.24) is 9.80 Å². The van der Waals surface area contributed by atoms with Crippen molar-refractivity contribution in [3.05, 3.63) is 58.0 Å². The van der Waals surface area contributed by atoms with Crippen LogP contribution in [-0.2, 0) is 6.54 Å². The number of hydrogen-bond donors (Lipinski definition) is 0. The van der Waals surface area contributed by atoms with Gasteiger partial charge in [-0.25, -0.2) is 4.39 Å². The fourth-order valence-corrected chi connectivity index (χ4v) is 3.43. The van der Waals surface area contributed by atoms with Crippen LogP contribution in [0.4, 0.5) is 4.39 Å². The lowest BCUT2D eigenvalue weighted by molar-refractivity contribution is 0.0766. The quantitative estimate of drug-likeness (QED) is 0.867. The molecule has 0 spiro atoms. The van der Waals surface area contributed by atoms with Gasteiger partial charge in [-0.3, -0.25) is 9.69 Å². The predicted molar refractivity (Wildman–Crippen MR) is 86.5 cm³/mol. The molecule has 1 aliphatic rings. The summed E-state index contributed by atoms with van der Waals surface area (Å²) in [4.78, 5) is 17.5. The van der Waals surface area contributed by atoms with Crippen molar-refractivity contribution in [1.29, 1.82) is 0 Å². The summed E-state index contributed by atoms with van der Waals surface area (Å²) in [5.41, 5.74) is 1.11. The molecule has 1 aliphatic heterocycles. The maximum absolute atomic E-state index is 12.9. The zero-order chi connectivity index (χ0) is 15.4. The van der Waals surface area contributed by atoms with Gasteiger partial charge in [0.1, 0.15) is 5.82 Å². The van der Waals surface area contributed by atoms with Crippen molar-refractivity contribution < 1.29 is 9.18 Å². The Labute approximate surface area is 134 Å². The molecule has 0 unspecified atom stereocenters. The number of nitrogens with zero attached hydrogens (tertiary/aromatic N) is 2. The van der Waals surface area contributed by atoms with Crippen molar-refractivity contribution in [2.45, 2.75) is 13.0 Å². The molecule has 0 bridgehead atoms. The molecule has 1 aromatic carbocycles. The third kappa shape index (κ3) is 3.72. The van der Waals surface area contributed by atoms with E-state index in [0.717, 1.165) is 49.6 Å². The zero-order valence-electron chi connectivity index (χ0n) is 12.4. The van der Waals surface area contributed by atoms with E-state index < -0.39 is 0 Å². The van der Waals surface area contributed by atoms with Gasteiger partial charge in [-0.2, -0.15) is 0 Å². The van der Waals surface area contributed by atoms with Crippen LogP contribution in [0.25, 0.3) is 0 Å². The Morgan fingerprint density at radius 2 is 1.91 bits per heavy atom. The molecule has 0 N–H and O–H groups in total. The molecule has 1 fully saturated rings. The molecule has 22 heavy (non-hydrogen) atoms. The number of rotatable bonds is 3. The Morgan fingerprint density at radius 3 is 2.64 bits per heavy atom. The van der Waals surface area contributed by atoms with Gasteiger partial charge in [0, 0.05) is 32.7 Å². The molecule has 1 aromatic heterocycles. The smallest absolute Gasteiger partial charge is 0.263 e. The van der Waals surface area contributed by atoms with Crippen LogP contribution in [0.15, 0.2) is 41.8 Å².